The van der Waals surface area contributed by atoms with Crippen molar-refractivity contribution in [3.63, 3.8) is 0 Å². The average Bonchev–Trinajstić information content (AvgIpc) is 2.51. The number of nitrogens with zero attached hydrogens (tertiary/aromatic N) is 2. The van der Waals surface area contributed by atoms with E-state index < -0.39 is 0 Å². The summed E-state index contributed by atoms with van der Waals surface area (Å²) in [6.07, 6.45) is 0. The van der Waals surface area contributed by atoms with Gasteiger partial charge in [-0.2, -0.15) is 0 Å². The molecule has 21 heavy (non-hydrogen) atoms. The minimum absolute atomic E-state index is 0.0743. The van der Waals surface area contributed by atoms with Gasteiger partial charge < -0.3 is 9.84 Å². The van der Waals surface area contributed by atoms with Crippen LogP contribution in [0.5, 0.6) is 5.75 Å². The molecule has 0 radical (unpaired) electrons. The van der Waals surface area contributed by atoms with Gasteiger partial charge in [-0.15, -0.1) is 5.10 Å². The van der Waals surface area contributed by atoms with Crippen LogP contribution in [0.4, 0.5) is 0 Å². The van der Waals surface area contributed by atoms with Gasteiger partial charge in [0.1, 0.15) is 5.75 Å². The van der Waals surface area contributed by atoms with E-state index in [2.05, 4.69) is 5.10 Å². The van der Waals surface area contributed by atoms with E-state index >= 15 is 0 Å². The van der Waals surface area contributed by atoms with Crippen LogP contribution >= 0.6 is 0 Å². The van der Waals surface area contributed by atoms with Crippen LogP contribution in [-0.4, -0.2) is 28.5 Å². The van der Waals surface area contributed by atoms with Gasteiger partial charge in [0.05, 0.1) is 12.1 Å². The van der Waals surface area contributed by atoms with Gasteiger partial charge in [0.2, 0.25) is 5.90 Å². The minimum atomic E-state index is -0.210. The Kier molecular flexibility index (Phi) is 3.55. The molecule has 1 heterocycles. The predicted molar refractivity (Wildman–Crippen MR) is 77.6 cm³/mol. The highest BCUT2D eigenvalue weighted by Crippen LogP contribution is 2.20. The summed E-state index contributed by atoms with van der Waals surface area (Å²) in [5.74, 6) is 0.118. The quantitative estimate of drug-likeness (QED) is 0.938. The summed E-state index contributed by atoms with van der Waals surface area (Å²) in [5.41, 5.74) is 1.45. The van der Waals surface area contributed by atoms with Crippen molar-refractivity contribution in [1.29, 1.82) is 0 Å². The molecule has 0 saturated carbocycles. The molecule has 1 aliphatic rings. The van der Waals surface area contributed by atoms with E-state index in [4.69, 9.17) is 4.74 Å². The maximum atomic E-state index is 11.9. The molecule has 5 nitrogen and oxygen atoms in total. The van der Waals surface area contributed by atoms with Crippen LogP contribution in [0.1, 0.15) is 11.1 Å². The van der Waals surface area contributed by atoms with E-state index in [1.165, 1.54) is 5.01 Å². The Morgan fingerprint density at radius 2 is 1.81 bits per heavy atom. The standard InChI is InChI=1S/C16H14N2O3/c19-14-9-5-4-8-13(14)16-17-18(15(20)11-21-16)10-12-6-2-1-3-7-12/h1-9,19H,10-11H2. The molecular formula is C16H14N2O3. The predicted octanol–water partition coefficient (Wildman–Crippen LogP) is 2.11. The number of carbonyl (C=O) groups excluding carboxylic acids is 1. The first-order valence-corrected chi connectivity index (χ1v) is 6.58. The largest absolute Gasteiger partial charge is 0.507 e. The Hall–Kier alpha value is -2.82. The third kappa shape index (κ3) is 2.86. The van der Waals surface area contributed by atoms with Gasteiger partial charge in [-0.25, -0.2) is 5.01 Å². The zero-order valence-electron chi connectivity index (χ0n) is 11.3. The first-order chi connectivity index (χ1) is 10.2. The molecule has 2 aromatic rings. The van der Waals surface area contributed by atoms with Crippen molar-refractivity contribution in [1.82, 2.24) is 5.01 Å². The zero-order chi connectivity index (χ0) is 14.7. The SMILES string of the molecule is O=C1COC(c2ccccc2O)=NN1Cc1ccccc1. The number of para-hydroxylation sites is 1. The lowest BCUT2D eigenvalue weighted by Crippen LogP contribution is -2.36. The molecule has 0 aromatic heterocycles. The first-order valence-electron chi connectivity index (χ1n) is 6.58. The van der Waals surface area contributed by atoms with E-state index in [9.17, 15) is 9.90 Å². The van der Waals surface area contributed by atoms with Gasteiger partial charge in [0, 0.05) is 0 Å². The highest BCUT2D eigenvalue weighted by molar-refractivity contribution is 5.99. The number of rotatable bonds is 3. The number of aromatic hydroxyl groups is 1. The highest BCUT2D eigenvalue weighted by atomic mass is 16.5. The molecule has 0 aliphatic carbocycles. The number of amides is 1. The van der Waals surface area contributed by atoms with Crippen molar-refractivity contribution in [3.8, 4) is 5.75 Å². The summed E-state index contributed by atoms with van der Waals surface area (Å²) >= 11 is 0. The second kappa shape index (κ2) is 5.66. The minimum Gasteiger partial charge on any atom is -0.507 e. The number of hydrogen-bond donors (Lipinski definition) is 1. The summed E-state index contributed by atoms with van der Waals surface area (Å²) in [5, 5.41) is 15.4. The number of hydrogen-bond acceptors (Lipinski definition) is 4. The van der Waals surface area contributed by atoms with Crippen LogP contribution in [0.2, 0.25) is 0 Å². The van der Waals surface area contributed by atoms with Crippen LogP contribution < -0.4 is 0 Å². The molecule has 0 unspecified atom stereocenters. The van der Waals surface area contributed by atoms with Gasteiger partial charge in [-0.3, -0.25) is 4.79 Å². The molecule has 5 heteroatoms. The van der Waals surface area contributed by atoms with Crippen LogP contribution in [0.15, 0.2) is 59.7 Å². The number of phenols is 1. The van der Waals surface area contributed by atoms with Crippen molar-refractivity contribution in [2.45, 2.75) is 6.54 Å². The van der Waals surface area contributed by atoms with Crippen molar-refractivity contribution in [2.24, 2.45) is 5.10 Å². The average molecular weight is 282 g/mol. The van der Waals surface area contributed by atoms with E-state index in [1.54, 1.807) is 24.3 Å². The molecule has 0 spiro atoms. The van der Waals surface area contributed by atoms with Crippen molar-refractivity contribution in [3.05, 3.63) is 65.7 Å². The molecule has 3 rings (SSSR count). The number of hydrazone groups is 1. The van der Waals surface area contributed by atoms with Gasteiger partial charge >= 0.3 is 0 Å². The Labute approximate surface area is 122 Å². The van der Waals surface area contributed by atoms with E-state index in [-0.39, 0.29) is 24.2 Å². The van der Waals surface area contributed by atoms with Crippen LogP contribution in [0.25, 0.3) is 0 Å². The zero-order valence-corrected chi connectivity index (χ0v) is 11.3. The fourth-order valence-corrected chi connectivity index (χ4v) is 2.06. The summed E-state index contributed by atoms with van der Waals surface area (Å²) in [4.78, 5) is 11.9. The van der Waals surface area contributed by atoms with Gasteiger partial charge in [0.15, 0.2) is 6.61 Å². The highest BCUT2D eigenvalue weighted by Gasteiger charge is 2.23. The molecule has 106 valence electrons. The lowest BCUT2D eigenvalue weighted by Gasteiger charge is -2.24. The monoisotopic (exact) mass is 282 g/mol. The maximum Gasteiger partial charge on any atom is 0.281 e. The maximum absolute atomic E-state index is 11.9. The molecule has 0 atom stereocenters. The Morgan fingerprint density at radius 1 is 1.10 bits per heavy atom. The molecule has 1 amide bonds. The Balaban J connectivity index is 1.88. The molecule has 1 N–H and O–H groups in total. The molecule has 0 saturated heterocycles. The number of benzene rings is 2. The lowest BCUT2D eigenvalue weighted by atomic mass is 10.2. The topological polar surface area (TPSA) is 62.1 Å². The smallest absolute Gasteiger partial charge is 0.281 e. The molecule has 0 fully saturated rings. The van der Waals surface area contributed by atoms with Crippen molar-refractivity contribution >= 4 is 11.8 Å². The van der Waals surface area contributed by atoms with Crippen LogP contribution in [0, 0.1) is 0 Å². The Morgan fingerprint density at radius 3 is 2.57 bits per heavy atom. The Bertz CT molecular complexity index is 683. The molecule has 1 aliphatic heterocycles. The molecular weight excluding hydrogens is 268 g/mol. The summed E-state index contributed by atoms with van der Waals surface area (Å²) in [6.45, 7) is 0.292. The summed E-state index contributed by atoms with van der Waals surface area (Å²) in [6, 6.07) is 16.3. The second-order valence-electron chi connectivity index (χ2n) is 4.65. The van der Waals surface area contributed by atoms with Crippen LogP contribution in [0.3, 0.4) is 0 Å². The number of phenolic OH excluding ortho intramolecular Hbond substituents is 1. The fourth-order valence-electron chi connectivity index (χ4n) is 2.06. The van der Waals surface area contributed by atoms with Crippen molar-refractivity contribution < 1.29 is 14.6 Å². The van der Waals surface area contributed by atoms with Gasteiger partial charge in [0.25, 0.3) is 5.91 Å². The summed E-state index contributed by atoms with van der Waals surface area (Å²) < 4.78 is 5.32. The lowest BCUT2D eigenvalue weighted by molar-refractivity contribution is -0.136. The summed E-state index contributed by atoms with van der Waals surface area (Å²) in [7, 11) is 0. The third-order valence-corrected chi connectivity index (χ3v) is 3.14. The first kappa shape index (κ1) is 13.2. The van der Waals surface area contributed by atoms with E-state index in [1.807, 2.05) is 30.3 Å². The number of carbonyl (C=O) groups is 1. The van der Waals surface area contributed by atoms with Gasteiger partial charge in [-0.1, -0.05) is 42.5 Å². The number of ether oxygens (including phenoxy) is 1. The molecule has 2 aromatic carbocycles. The van der Waals surface area contributed by atoms with Crippen LogP contribution in [-0.2, 0) is 16.1 Å². The molecule has 0 bridgehead atoms. The van der Waals surface area contributed by atoms with E-state index in [0.717, 1.165) is 5.56 Å². The van der Waals surface area contributed by atoms with Gasteiger partial charge in [-0.05, 0) is 17.7 Å². The van der Waals surface area contributed by atoms with E-state index in [0.29, 0.717) is 12.1 Å². The third-order valence-electron chi connectivity index (χ3n) is 3.14. The normalized spacial score (nSPS) is 14.6. The fraction of sp³-hybridized carbons (Fsp3) is 0.125. The second-order valence-corrected chi connectivity index (χ2v) is 4.65. The van der Waals surface area contributed by atoms with Crippen molar-refractivity contribution in [2.75, 3.05) is 6.61 Å².